The fourth-order valence-electron chi connectivity index (χ4n) is 4.18. The Labute approximate surface area is 184 Å². The molecule has 0 spiro atoms. The van der Waals surface area contributed by atoms with E-state index in [0.717, 1.165) is 16.5 Å². The maximum Gasteiger partial charge on any atom is 0.253 e. The smallest absolute Gasteiger partial charge is 0.253 e. The number of likely N-dealkylation sites (tertiary alicyclic amines) is 1. The molecule has 0 atom stereocenters. The van der Waals surface area contributed by atoms with E-state index in [0.29, 0.717) is 47.8 Å². The van der Waals surface area contributed by atoms with Gasteiger partial charge in [-0.05, 0) is 48.7 Å². The number of hydrogen-bond acceptors (Lipinski definition) is 4. The van der Waals surface area contributed by atoms with E-state index in [1.807, 2.05) is 54.6 Å². The van der Waals surface area contributed by atoms with Crippen LogP contribution in [0.25, 0.3) is 22.2 Å². The van der Waals surface area contributed by atoms with Gasteiger partial charge in [-0.3, -0.25) is 4.79 Å². The van der Waals surface area contributed by atoms with Crippen molar-refractivity contribution >= 4 is 28.4 Å². The zero-order valence-corrected chi connectivity index (χ0v) is 17.5. The largest absolute Gasteiger partial charge is 0.385 e. The van der Waals surface area contributed by atoms with E-state index in [1.54, 1.807) is 23.1 Å². The monoisotopic (exact) mass is 432 g/mol. The van der Waals surface area contributed by atoms with Crippen molar-refractivity contribution in [2.24, 2.45) is 0 Å². The molecule has 0 saturated carbocycles. The molecule has 1 amide bonds. The summed E-state index contributed by atoms with van der Waals surface area (Å²) in [5, 5.41) is 16.7. The van der Waals surface area contributed by atoms with Gasteiger partial charge in [0.1, 0.15) is 5.52 Å². The van der Waals surface area contributed by atoms with Gasteiger partial charge in [-0.15, -0.1) is 0 Å². The first-order valence-electron chi connectivity index (χ1n) is 10.3. The number of aromatic nitrogens is 1. The molecule has 1 aromatic heterocycles. The van der Waals surface area contributed by atoms with Crippen LogP contribution in [-0.2, 0) is 5.60 Å². The fraction of sp³-hybridized carbons (Fsp3) is 0.200. The summed E-state index contributed by atoms with van der Waals surface area (Å²) < 4.78 is 5.55. The van der Waals surface area contributed by atoms with E-state index in [9.17, 15) is 9.90 Å². The van der Waals surface area contributed by atoms with Crippen molar-refractivity contribution in [3.8, 4) is 11.3 Å². The van der Waals surface area contributed by atoms with Crippen molar-refractivity contribution in [3.05, 3.63) is 88.9 Å². The topological polar surface area (TPSA) is 66.6 Å². The van der Waals surface area contributed by atoms with E-state index < -0.39 is 5.60 Å². The Bertz CT molecular complexity index is 1230. The molecule has 1 N–H and O–H groups in total. The van der Waals surface area contributed by atoms with Gasteiger partial charge in [-0.1, -0.05) is 59.2 Å². The van der Waals surface area contributed by atoms with Crippen molar-refractivity contribution in [1.82, 2.24) is 10.1 Å². The summed E-state index contributed by atoms with van der Waals surface area (Å²) in [7, 11) is 0. The lowest BCUT2D eigenvalue weighted by molar-refractivity contribution is -0.0211. The lowest BCUT2D eigenvalue weighted by Crippen LogP contribution is -2.45. The second-order valence-electron chi connectivity index (χ2n) is 7.94. The van der Waals surface area contributed by atoms with Crippen molar-refractivity contribution in [2.75, 3.05) is 13.1 Å². The van der Waals surface area contributed by atoms with Crippen LogP contribution < -0.4 is 0 Å². The summed E-state index contributed by atoms with van der Waals surface area (Å²) >= 11 is 5.97. The summed E-state index contributed by atoms with van der Waals surface area (Å²) in [5.41, 5.74) is 2.11. The van der Waals surface area contributed by atoms with Crippen molar-refractivity contribution < 1.29 is 14.4 Å². The highest BCUT2D eigenvalue weighted by Gasteiger charge is 2.35. The Morgan fingerprint density at radius 1 is 1.00 bits per heavy atom. The molecule has 0 unspecified atom stereocenters. The molecular formula is C25H21ClN2O3. The predicted octanol–water partition coefficient (Wildman–Crippen LogP) is 5.27. The molecule has 0 radical (unpaired) electrons. The number of benzene rings is 3. The molecule has 5 nitrogen and oxygen atoms in total. The minimum atomic E-state index is -0.944. The normalized spacial score (nSPS) is 15.9. The summed E-state index contributed by atoms with van der Waals surface area (Å²) in [4.78, 5) is 15.0. The van der Waals surface area contributed by atoms with Gasteiger partial charge in [0, 0.05) is 29.2 Å². The van der Waals surface area contributed by atoms with Gasteiger partial charge < -0.3 is 14.5 Å². The molecule has 1 aliphatic heterocycles. The number of halogens is 1. The summed E-state index contributed by atoms with van der Waals surface area (Å²) in [6, 6.07) is 22.4. The van der Waals surface area contributed by atoms with Gasteiger partial charge in [-0.25, -0.2) is 0 Å². The molecule has 1 aliphatic rings. The molecule has 0 bridgehead atoms. The molecular weight excluding hydrogens is 412 g/mol. The zero-order valence-electron chi connectivity index (χ0n) is 16.8. The van der Waals surface area contributed by atoms with Crippen molar-refractivity contribution in [3.63, 3.8) is 0 Å². The Kier molecular flexibility index (Phi) is 5.00. The van der Waals surface area contributed by atoms with E-state index in [2.05, 4.69) is 5.16 Å². The minimum Gasteiger partial charge on any atom is -0.385 e. The number of rotatable bonds is 3. The minimum absolute atomic E-state index is 0.0553. The van der Waals surface area contributed by atoms with E-state index in [1.165, 1.54) is 0 Å². The maximum absolute atomic E-state index is 13.2. The lowest BCUT2D eigenvalue weighted by atomic mass is 9.84. The zero-order chi connectivity index (χ0) is 21.4. The number of amides is 1. The first-order chi connectivity index (χ1) is 15.0. The highest BCUT2D eigenvalue weighted by atomic mass is 35.5. The number of piperidine rings is 1. The van der Waals surface area contributed by atoms with Crippen LogP contribution >= 0.6 is 11.6 Å². The van der Waals surface area contributed by atoms with Crippen molar-refractivity contribution in [2.45, 2.75) is 18.4 Å². The second-order valence-corrected chi connectivity index (χ2v) is 8.38. The van der Waals surface area contributed by atoms with Crippen LogP contribution in [0.15, 0.2) is 77.3 Å². The molecule has 31 heavy (non-hydrogen) atoms. The van der Waals surface area contributed by atoms with E-state index in [4.69, 9.17) is 16.1 Å². The summed E-state index contributed by atoms with van der Waals surface area (Å²) in [6.07, 6.45) is 0.955. The summed E-state index contributed by atoms with van der Waals surface area (Å²) in [5.74, 6) is 0.598. The molecule has 0 aliphatic carbocycles. The number of carbonyl (C=O) groups excluding carboxylic acids is 1. The molecule has 1 fully saturated rings. The third-order valence-electron chi connectivity index (χ3n) is 6.02. The average molecular weight is 433 g/mol. The van der Waals surface area contributed by atoms with Gasteiger partial charge in [0.25, 0.3) is 5.91 Å². The Hall–Kier alpha value is -3.15. The molecule has 1 saturated heterocycles. The van der Waals surface area contributed by atoms with Crippen LogP contribution in [0.1, 0.15) is 28.8 Å². The molecule has 4 aromatic rings. The highest BCUT2D eigenvalue weighted by Crippen LogP contribution is 2.34. The van der Waals surface area contributed by atoms with Crippen LogP contribution in [0.2, 0.25) is 5.02 Å². The molecule has 2 heterocycles. The Morgan fingerprint density at radius 2 is 1.71 bits per heavy atom. The SMILES string of the molecule is O=C(c1ccc2noc(-c3ccccc3)c2c1)N1CCC(O)(c2ccc(Cl)cc2)CC1. The summed E-state index contributed by atoms with van der Waals surface area (Å²) in [6.45, 7) is 0.955. The first-order valence-corrected chi connectivity index (χ1v) is 10.6. The fourth-order valence-corrected chi connectivity index (χ4v) is 4.31. The van der Waals surface area contributed by atoms with Crippen LogP contribution in [0, 0.1) is 0 Å². The highest BCUT2D eigenvalue weighted by molar-refractivity contribution is 6.30. The Morgan fingerprint density at radius 3 is 2.42 bits per heavy atom. The van der Waals surface area contributed by atoms with E-state index in [-0.39, 0.29) is 5.91 Å². The number of carbonyl (C=O) groups is 1. The van der Waals surface area contributed by atoms with Gasteiger partial charge in [0.15, 0.2) is 5.76 Å². The first kappa shape index (κ1) is 19.8. The number of aliphatic hydroxyl groups is 1. The second kappa shape index (κ2) is 7.84. The van der Waals surface area contributed by atoms with Gasteiger partial charge in [0.05, 0.1) is 11.0 Å². The number of fused-ring (bicyclic) bond motifs is 1. The quantitative estimate of drug-likeness (QED) is 0.478. The third-order valence-corrected chi connectivity index (χ3v) is 6.27. The van der Waals surface area contributed by atoms with Crippen LogP contribution in [0.4, 0.5) is 0 Å². The van der Waals surface area contributed by atoms with Gasteiger partial charge in [-0.2, -0.15) is 0 Å². The van der Waals surface area contributed by atoms with Gasteiger partial charge in [0.2, 0.25) is 0 Å². The predicted molar refractivity (Wildman–Crippen MR) is 120 cm³/mol. The molecule has 3 aromatic carbocycles. The molecule has 6 heteroatoms. The van der Waals surface area contributed by atoms with Crippen LogP contribution in [0.3, 0.4) is 0 Å². The average Bonchev–Trinajstić information content (AvgIpc) is 3.23. The van der Waals surface area contributed by atoms with Gasteiger partial charge >= 0.3 is 0 Å². The lowest BCUT2D eigenvalue weighted by Gasteiger charge is -2.38. The third kappa shape index (κ3) is 3.71. The standard InChI is InChI=1S/C25H21ClN2O3/c26-20-9-7-19(8-10-20)25(30)12-14-28(15-13-25)24(29)18-6-11-22-21(16-18)23(31-27-22)17-4-2-1-3-5-17/h1-11,16,30H,12-15H2. The maximum atomic E-state index is 13.2. The van der Waals surface area contributed by atoms with Crippen LogP contribution in [-0.4, -0.2) is 34.2 Å². The van der Waals surface area contributed by atoms with E-state index >= 15 is 0 Å². The molecule has 156 valence electrons. The number of nitrogens with zero attached hydrogens (tertiary/aromatic N) is 2. The Balaban J connectivity index is 1.37. The van der Waals surface area contributed by atoms with Crippen molar-refractivity contribution in [1.29, 1.82) is 0 Å². The molecule has 5 rings (SSSR count). The number of hydrogen-bond donors (Lipinski definition) is 1. The van der Waals surface area contributed by atoms with Crippen LogP contribution in [0.5, 0.6) is 0 Å².